The van der Waals surface area contributed by atoms with Gasteiger partial charge in [-0.15, -0.1) is 24.8 Å². The fourth-order valence-electron chi connectivity index (χ4n) is 3.79. The van der Waals surface area contributed by atoms with Crippen molar-refractivity contribution >= 4 is 30.5 Å². The lowest BCUT2D eigenvalue weighted by molar-refractivity contribution is -0.384. The van der Waals surface area contributed by atoms with Crippen LogP contribution in [0.5, 0.6) is 0 Å². The lowest BCUT2D eigenvalue weighted by Gasteiger charge is -2.20. The Kier molecular flexibility index (Phi) is 5.80. The fourth-order valence-corrected chi connectivity index (χ4v) is 3.79. The van der Waals surface area contributed by atoms with Crippen LogP contribution in [0.25, 0.3) is 11.1 Å². The predicted molar refractivity (Wildman–Crippen MR) is 98.1 cm³/mol. The Morgan fingerprint density at radius 1 is 1.08 bits per heavy atom. The Hall–Kier alpha value is -1.69. The number of nitro benzene ring substituents is 1. The highest BCUT2D eigenvalue weighted by Gasteiger charge is 2.39. The van der Waals surface area contributed by atoms with Crippen molar-refractivity contribution < 1.29 is 4.92 Å². The smallest absolute Gasteiger partial charge is 0.269 e. The number of nitrogens with zero attached hydrogens (tertiary/aromatic N) is 2. The van der Waals surface area contributed by atoms with Crippen molar-refractivity contribution in [1.29, 1.82) is 0 Å². The molecule has 3 unspecified atom stereocenters. The predicted octanol–water partition coefficient (Wildman–Crippen LogP) is 4.11. The second-order valence-electron chi connectivity index (χ2n) is 6.20. The number of aromatic nitrogens is 1. The van der Waals surface area contributed by atoms with Crippen LogP contribution >= 0.6 is 24.8 Å². The van der Waals surface area contributed by atoms with Gasteiger partial charge in [-0.2, -0.15) is 0 Å². The summed E-state index contributed by atoms with van der Waals surface area (Å²) in [5.74, 6) is 0.546. The van der Waals surface area contributed by atoms with Gasteiger partial charge in [0.15, 0.2) is 0 Å². The summed E-state index contributed by atoms with van der Waals surface area (Å²) in [6, 6.07) is 10.1. The van der Waals surface area contributed by atoms with Gasteiger partial charge in [-0.1, -0.05) is 0 Å². The molecule has 3 heterocycles. The summed E-state index contributed by atoms with van der Waals surface area (Å²) >= 11 is 0. The number of benzene rings is 1. The van der Waals surface area contributed by atoms with E-state index in [1.54, 1.807) is 24.3 Å². The number of hydrogen-bond acceptors (Lipinski definition) is 4. The second kappa shape index (κ2) is 7.47. The standard InChI is InChI=1S/C17H17N3O2.2ClH/c21-20(22)15-4-1-11(2-5-15)12-7-13(10-18-9-12)16-8-14-3-6-17(16)19-14;;/h1-2,4-5,7,9-10,14,16-17,19H,3,6,8H2;2*1H. The summed E-state index contributed by atoms with van der Waals surface area (Å²) in [6.07, 6.45) is 7.51. The average Bonchev–Trinajstić information content (AvgIpc) is 3.18. The molecule has 4 rings (SSSR count). The Morgan fingerprint density at radius 3 is 2.42 bits per heavy atom. The van der Waals surface area contributed by atoms with Crippen LogP contribution in [0.2, 0.25) is 0 Å². The molecule has 2 fully saturated rings. The molecule has 1 aromatic carbocycles. The third kappa shape index (κ3) is 3.38. The van der Waals surface area contributed by atoms with E-state index >= 15 is 0 Å². The van der Waals surface area contributed by atoms with Crippen molar-refractivity contribution in [3.8, 4) is 11.1 Å². The SMILES string of the molecule is Cl.Cl.O=[N+]([O-])c1ccc(-c2cncc(C3CC4CCC3N4)c2)cc1. The van der Waals surface area contributed by atoms with E-state index in [4.69, 9.17) is 0 Å². The number of fused-ring (bicyclic) bond motifs is 2. The van der Waals surface area contributed by atoms with Crippen LogP contribution in [0.4, 0.5) is 5.69 Å². The fraction of sp³-hybridized carbons (Fsp3) is 0.353. The minimum absolute atomic E-state index is 0. The highest BCUT2D eigenvalue weighted by molar-refractivity contribution is 5.85. The van der Waals surface area contributed by atoms with E-state index in [1.165, 1.54) is 24.8 Å². The van der Waals surface area contributed by atoms with Crippen LogP contribution < -0.4 is 5.32 Å². The first-order chi connectivity index (χ1) is 10.7. The van der Waals surface area contributed by atoms with E-state index in [0.29, 0.717) is 18.0 Å². The zero-order valence-corrected chi connectivity index (χ0v) is 14.6. The highest BCUT2D eigenvalue weighted by atomic mass is 35.5. The zero-order chi connectivity index (χ0) is 15.1. The normalized spacial score (nSPS) is 24.1. The molecule has 2 bridgehead atoms. The van der Waals surface area contributed by atoms with Gasteiger partial charge in [-0.3, -0.25) is 15.1 Å². The number of non-ortho nitro benzene ring substituents is 1. The molecule has 1 aromatic heterocycles. The number of halogens is 2. The van der Waals surface area contributed by atoms with Crippen LogP contribution in [-0.4, -0.2) is 22.0 Å². The van der Waals surface area contributed by atoms with E-state index < -0.39 is 0 Å². The lowest BCUT2D eigenvalue weighted by atomic mass is 9.84. The summed E-state index contributed by atoms with van der Waals surface area (Å²) in [5, 5.41) is 14.4. The second-order valence-corrected chi connectivity index (χ2v) is 6.20. The first kappa shape index (κ1) is 18.6. The molecule has 0 aliphatic carbocycles. The molecule has 5 nitrogen and oxygen atoms in total. The number of rotatable bonds is 3. The number of nitro groups is 1. The van der Waals surface area contributed by atoms with E-state index in [1.807, 2.05) is 12.4 Å². The van der Waals surface area contributed by atoms with Crippen molar-refractivity contribution in [2.24, 2.45) is 0 Å². The van der Waals surface area contributed by atoms with Gasteiger partial charge in [0.25, 0.3) is 5.69 Å². The maximum atomic E-state index is 10.7. The molecule has 0 spiro atoms. The molecule has 0 amide bonds. The number of hydrogen-bond donors (Lipinski definition) is 1. The van der Waals surface area contributed by atoms with Gasteiger partial charge >= 0.3 is 0 Å². The molecule has 24 heavy (non-hydrogen) atoms. The van der Waals surface area contributed by atoms with Gasteiger partial charge in [0.05, 0.1) is 4.92 Å². The van der Waals surface area contributed by atoms with Gasteiger partial charge in [-0.05, 0) is 48.6 Å². The summed E-state index contributed by atoms with van der Waals surface area (Å²) < 4.78 is 0. The monoisotopic (exact) mass is 367 g/mol. The highest BCUT2D eigenvalue weighted by Crippen LogP contribution is 2.40. The van der Waals surface area contributed by atoms with Crippen molar-refractivity contribution in [3.05, 3.63) is 58.4 Å². The molecule has 3 atom stereocenters. The molecule has 2 saturated heterocycles. The largest absolute Gasteiger partial charge is 0.311 e. The molecule has 2 aliphatic rings. The Morgan fingerprint density at radius 2 is 1.83 bits per heavy atom. The molecule has 1 N–H and O–H groups in total. The third-order valence-electron chi connectivity index (χ3n) is 4.90. The summed E-state index contributed by atoms with van der Waals surface area (Å²) in [7, 11) is 0. The first-order valence-corrected chi connectivity index (χ1v) is 7.66. The minimum Gasteiger partial charge on any atom is -0.311 e. The summed E-state index contributed by atoms with van der Waals surface area (Å²) in [4.78, 5) is 14.7. The van der Waals surface area contributed by atoms with E-state index in [-0.39, 0.29) is 35.4 Å². The van der Waals surface area contributed by atoms with Gasteiger partial charge in [0.1, 0.15) is 0 Å². The van der Waals surface area contributed by atoms with Crippen LogP contribution in [-0.2, 0) is 0 Å². The molecule has 2 aliphatic heterocycles. The van der Waals surface area contributed by atoms with Gasteiger partial charge < -0.3 is 5.32 Å². The van der Waals surface area contributed by atoms with Crippen molar-refractivity contribution in [3.63, 3.8) is 0 Å². The molecule has 2 aromatic rings. The van der Waals surface area contributed by atoms with E-state index in [9.17, 15) is 10.1 Å². The molecule has 7 heteroatoms. The minimum atomic E-state index is -0.376. The molecule has 0 saturated carbocycles. The zero-order valence-electron chi connectivity index (χ0n) is 12.9. The average molecular weight is 368 g/mol. The van der Waals surface area contributed by atoms with Crippen LogP contribution in [0, 0.1) is 10.1 Å². The van der Waals surface area contributed by atoms with E-state index in [0.717, 1.165) is 11.1 Å². The Labute approximate surface area is 152 Å². The summed E-state index contributed by atoms with van der Waals surface area (Å²) in [5.41, 5.74) is 3.38. The molecular weight excluding hydrogens is 349 g/mol. The number of nitrogens with one attached hydrogen (secondary N) is 1. The summed E-state index contributed by atoms with van der Waals surface area (Å²) in [6.45, 7) is 0. The van der Waals surface area contributed by atoms with Crippen molar-refractivity contribution in [2.45, 2.75) is 37.3 Å². The quantitative estimate of drug-likeness (QED) is 0.654. The molecule has 128 valence electrons. The number of pyridine rings is 1. The van der Waals surface area contributed by atoms with Crippen molar-refractivity contribution in [2.75, 3.05) is 0 Å². The van der Waals surface area contributed by atoms with Crippen molar-refractivity contribution in [1.82, 2.24) is 10.3 Å². The maximum Gasteiger partial charge on any atom is 0.269 e. The van der Waals surface area contributed by atoms with Gasteiger partial charge in [-0.25, -0.2) is 0 Å². The van der Waals surface area contributed by atoms with Crippen LogP contribution in [0.15, 0.2) is 42.7 Å². The third-order valence-corrected chi connectivity index (χ3v) is 4.90. The van der Waals surface area contributed by atoms with Crippen LogP contribution in [0.3, 0.4) is 0 Å². The van der Waals surface area contributed by atoms with Gasteiger partial charge in [0.2, 0.25) is 0 Å². The Balaban J connectivity index is 0.00000104. The topological polar surface area (TPSA) is 68.1 Å². The van der Waals surface area contributed by atoms with Crippen LogP contribution in [0.1, 0.15) is 30.7 Å². The molecule has 0 radical (unpaired) electrons. The lowest BCUT2D eigenvalue weighted by Crippen LogP contribution is -2.21. The molecular formula is C17H19Cl2N3O2. The maximum absolute atomic E-state index is 10.7. The van der Waals surface area contributed by atoms with E-state index in [2.05, 4.69) is 16.4 Å². The Bertz CT molecular complexity index is 724. The first-order valence-electron chi connectivity index (χ1n) is 7.66. The van der Waals surface area contributed by atoms with Gasteiger partial charge in [0, 0.05) is 48.1 Å².